The predicted octanol–water partition coefficient (Wildman–Crippen LogP) is 3.44. The second kappa shape index (κ2) is 9.96. The number of piperidine rings is 1. The summed E-state index contributed by atoms with van der Waals surface area (Å²) in [6.07, 6.45) is 8.82. The topological polar surface area (TPSA) is 87.8 Å². The highest BCUT2D eigenvalue weighted by Gasteiger charge is 2.24. The molecule has 3 aromatic rings. The molecule has 0 saturated carbocycles. The Morgan fingerprint density at radius 2 is 2.13 bits per heavy atom. The first-order valence-electron chi connectivity index (χ1n) is 11.3. The number of nitrogens with zero attached hydrogens (tertiary/aromatic N) is 5. The van der Waals surface area contributed by atoms with Crippen molar-refractivity contribution in [2.75, 3.05) is 30.0 Å². The molecule has 1 fully saturated rings. The van der Waals surface area contributed by atoms with Crippen LogP contribution in [0.15, 0.2) is 30.6 Å². The van der Waals surface area contributed by atoms with Gasteiger partial charge in [0, 0.05) is 49.6 Å². The molecule has 8 nitrogen and oxygen atoms in total. The highest BCUT2D eigenvalue weighted by Crippen LogP contribution is 2.29. The van der Waals surface area contributed by atoms with Crippen molar-refractivity contribution in [3.05, 3.63) is 41.7 Å². The van der Waals surface area contributed by atoms with E-state index in [0.717, 1.165) is 60.6 Å². The maximum absolute atomic E-state index is 9.53. The minimum atomic E-state index is 0.201. The molecule has 0 aliphatic carbocycles. The zero-order valence-electron chi connectivity index (χ0n) is 18.4. The molecule has 166 valence electrons. The second-order valence-corrected chi connectivity index (χ2v) is 7.90. The number of aliphatic hydroxyl groups excluding tert-OH is 1. The van der Waals surface area contributed by atoms with Gasteiger partial charge in [0.2, 0.25) is 5.88 Å². The third-order valence-electron chi connectivity index (χ3n) is 5.86. The van der Waals surface area contributed by atoms with Gasteiger partial charge in [-0.15, -0.1) is 0 Å². The summed E-state index contributed by atoms with van der Waals surface area (Å²) >= 11 is 0. The van der Waals surface area contributed by atoms with Gasteiger partial charge >= 0.3 is 0 Å². The molecule has 31 heavy (non-hydrogen) atoms. The van der Waals surface area contributed by atoms with Crippen molar-refractivity contribution in [3.8, 4) is 5.88 Å². The van der Waals surface area contributed by atoms with E-state index >= 15 is 0 Å². The maximum atomic E-state index is 9.53. The van der Waals surface area contributed by atoms with E-state index in [2.05, 4.69) is 33.3 Å². The van der Waals surface area contributed by atoms with Crippen LogP contribution in [0.4, 0.5) is 11.6 Å². The zero-order valence-corrected chi connectivity index (χ0v) is 18.4. The number of hydrogen-bond acceptors (Lipinski definition) is 7. The number of aryl methyl sites for hydroxylation is 1. The Hall–Kier alpha value is -2.87. The molecule has 1 saturated heterocycles. The van der Waals surface area contributed by atoms with E-state index in [1.807, 2.05) is 36.0 Å². The molecule has 1 aliphatic rings. The average molecular weight is 425 g/mol. The quantitative estimate of drug-likeness (QED) is 0.544. The van der Waals surface area contributed by atoms with Crippen molar-refractivity contribution in [3.63, 3.8) is 0 Å². The van der Waals surface area contributed by atoms with Crippen LogP contribution in [-0.2, 0) is 13.0 Å². The fourth-order valence-corrected chi connectivity index (χ4v) is 4.21. The van der Waals surface area contributed by atoms with Crippen LogP contribution in [-0.4, -0.2) is 50.5 Å². The fraction of sp³-hybridized carbons (Fsp3) is 0.522. The zero-order chi connectivity index (χ0) is 21.6. The number of pyridine rings is 1. The maximum Gasteiger partial charge on any atom is 0.213 e. The first-order valence-corrected chi connectivity index (χ1v) is 11.3. The number of nitrogens with one attached hydrogen (secondary N) is 1. The van der Waals surface area contributed by atoms with Crippen molar-refractivity contribution in [1.82, 2.24) is 19.6 Å². The number of hydrogen-bond donors (Lipinski definition) is 2. The summed E-state index contributed by atoms with van der Waals surface area (Å²) < 4.78 is 7.32. The van der Waals surface area contributed by atoms with E-state index in [4.69, 9.17) is 9.72 Å². The van der Waals surface area contributed by atoms with Gasteiger partial charge in [0.15, 0.2) is 5.65 Å². The Morgan fingerprint density at radius 3 is 2.87 bits per heavy atom. The van der Waals surface area contributed by atoms with Crippen molar-refractivity contribution in [2.45, 2.75) is 58.5 Å². The van der Waals surface area contributed by atoms with Crippen LogP contribution >= 0.6 is 0 Å². The molecule has 4 heterocycles. The van der Waals surface area contributed by atoms with E-state index in [1.165, 1.54) is 6.42 Å². The molecule has 0 bridgehead atoms. The van der Waals surface area contributed by atoms with Gasteiger partial charge < -0.3 is 20.1 Å². The summed E-state index contributed by atoms with van der Waals surface area (Å²) in [7, 11) is 0. The van der Waals surface area contributed by atoms with E-state index in [1.54, 1.807) is 0 Å². The Balaban J connectivity index is 1.63. The summed E-state index contributed by atoms with van der Waals surface area (Å²) in [6.45, 7) is 6.47. The summed E-state index contributed by atoms with van der Waals surface area (Å²) in [6, 6.07) is 6.32. The molecule has 1 aliphatic heterocycles. The van der Waals surface area contributed by atoms with Gasteiger partial charge in [0.1, 0.15) is 11.6 Å². The molecule has 2 N–H and O–H groups in total. The lowest BCUT2D eigenvalue weighted by molar-refractivity contribution is 0.262. The largest absolute Gasteiger partial charge is 0.478 e. The van der Waals surface area contributed by atoms with Gasteiger partial charge in [-0.25, -0.2) is 9.97 Å². The van der Waals surface area contributed by atoms with E-state index in [-0.39, 0.29) is 6.61 Å². The number of aromatic nitrogens is 4. The third kappa shape index (κ3) is 4.74. The minimum Gasteiger partial charge on any atom is -0.478 e. The number of ether oxygens (including phenoxy) is 1. The molecule has 0 aromatic carbocycles. The van der Waals surface area contributed by atoms with Gasteiger partial charge in [0.05, 0.1) is 12.8 Å². The minimum absolute atomic E-state index is 0.201. The van der Waals surface area contributed by atoms with Crippen LogP contribution in [0.5, 0.6) is 5.88 Å². The molecular weight excluding hydrogens is 392 g/mol. The SMILES string of the molecule is CCOc1ccc(CNc2cc(N3CCCC[C@H]3CCO)nc3c(CC)cnn23)cn1. The standard InChI is InChI=1S/C23H32N6O2/c1-3-18-16-26-29-20(24-14-17-8-9-22(25-15-17)31-4-2)13-21(27-23(18)29)28-11-6-5-7-19(28)10-12-30/h8-9,13,15-16,19,24,30H,3-7,10-12,14H2,1-2H3/t19-/m0/s1. The summed E-state index contributed by atoms with van der Waals surface area (Å²) in [5, 5.41) is 17.6. The number of aliphatic hydroxyl groups is 1. The summed E-state index contributed by atoms with van der Waals surface area (Å²) in [5.74, 6) is 2.50. The van der Waals surface area contributed by atoms with Gasteiger partial charge in [0.25, 0.3) is 0 Å². The molecular formula is C23H32N6O2. The summed E-state index contributed by atoms with van der Waals surface area (Å²) in [4.78, 5) is 11.7. The van der Waals surface area contributed by atoms with Crippen LogP contribution in [0.2, 0.25) is 0 Å². The Morgan fingerprint density at radius 1 is 1.23 bits per heavy atom. The lowest BCUT2D eigenvalue weighted by atomic mass is 9.99. The van der Waals surface area contributed by atoms with Crippen LogP contribution in [0, 0.1) is 0 Å². The molecule has 0 spiro atoms. The average Bonchev–Trinajstić information content (AvgIpc) is 3.22. The lowest BCUT2D eigenvalue weighted by Gasteiger charge is -2.36. The Labute approximate surface area is 183 Å². The monoisotopic (exact) mass is 424 g/mol. The van der Waals surface area contributed by atoms with Crippen LogP contribution < -0.4 is 15.0 Å². The summed E-state index contributed by atoms with van der Waals surface area (Å²) in [5.41, 5.74) is 3.08. The van der Waals surface area contributed by atoms with Gasteiger partial charge in [-0.3, -0.25) is 0 Å². The molecule has 3 aromatic heterocycles. The normalized spacial score (nSPS) is 16.6. The number of fused-ring (bicyclic) bond motifs is 1. The van der Waals surface area contributed by atoms with Gasteiger partial charge in [-0.2, -0.15) is 9.61 Å². The van der Waals surface area contributed by atoms with Crippen LogP contribution in [0.25, 0.3) is 5.65 Å². The molecule has 1 atom stereocenters. The lowest BCUT2D eigenvalue weighted by Crippen LogP contribution is -2.40. The first kappa shape index (κ1) is 21.4. The second-order valence-electron chi connectivity index (χ2n) is 7.90. The predicted molar refractivity (Wildman–Crippen MR) is 122 cm³/mol. The van der Waals surface area contributed by atoms with Crippen molar-refractivity contribution >= 4 is 17.3 Å². The Kier molecular flexibility index (Phi) is 6.86. The smallest absolute Gasteiger partial charge is 0.213 e. The highest BCUT2D eigenvalue weighted by molar-refractivity contribution is 5.61. The first-order chi connectivity index (χ1) is 15.2. The fourth-order valence-electron chi connectivity index (χ4n) is 4.21. The van der Waals surface area contributed by atoms with Crippen molar-refractivity contribution < 1.29 is 9.84 Å². The highest BCUT2D eigenvalue weighted by atomic mass is 16.5. The van der Waals surface area contributed by atoms with Gasteiger partial charge in [-0.1, -0.05) is 13.0 Å². The van der Waals surface area contributed by atoms with E-state index in [9.17, 15) is 5.11 Å². The van der Waals surface area contributed by atoms with E-state index in [0.29, 0.717) is 25.1 Å². The number of rotatable bonds is 9. The molecule has 0 amide bonds. The number of anilines is 2. The van der Waals surface area contributed by atoms with Crippen LogP contribution in [0.3, 0.4) is 0 Å². The molecule has 4 rings (SSSR count). The van der Waals surface area contributed by atoms with Gasteiger partial charge in [-0.05, 0) is 44.6 Å². The molecule has 0 unspecified atom stereocenters. The van der Waals surface area contributed by atoms with Crippen molar-refractivity contribution in [2.24, 2.45) is 0 Å². The third-order valence-corrected chi connectivity index (χ3v) is 5.86. The van der Waals surface area contributed by atoms with E-state index < -0.39 is 0 Å². The van der Waals surface area contributed by atoms with Crippen molar-refractivity contribution in [1.29, 1.82) is 0 Å². The molecule has 0 radical (unpaired) electrons. The molecule has 8 heteroatoms. The Bertz CT molecular complexity index is 986. The van der Waals surface area contributed by atoms with Crippen LogP contribution in [0.1, 0.15) is 50.7 Å².